The van der Waals surface area contributed by atoms with Gasteiger partial charge in [-0.05, 0) is 12.8 Å². The van der Waals surface area contributed by atoms with Crippen LogP contribution in [0.25, 0.3) is 0 Å². The molecule has 0 spiro atoms. The van der Waals surface area contributed by atoms with Crippen LogP contribution >= 0.6 is 0 Å². The number of rotatable bonds is 6. The van der Waals surface area contributed by atoms with E-state index in [4.69, 9.17) is 21.7 Å². The van der Waals surface area contributed by atoms with Crippen LogP contribution in [0.4, 0.5) is 0 Å². The lowest BCUT2D eigenvalue weighted by Gasteiger charge is -2.02. The topological polar surface area (TPSA) is 127 Å². The van der Waals surface area contributed by atoms with Gasteiger partial charge in [0.25, 0.3) is 0 Å². The predicted octanol–water partition coefficient (Wildman–Crippen LogP) is -0.853. The summed E-state index contributed by atoms with van der Waals surface area (Å²) in [5.41, 5.74) is 10.4. The number of aliphatic carboxylic acids is 2. The third-order valence-electron chi connectivity index (χ3n) is 1.58. The smallest absolute Gasteiger partial charge is 0.320 e. The Morgan fingerprint density at radius 2 is 1.29 bits per heavy atom. The minimum Gasteiger partial charge on any atom is -0.480 e. The fraction of sp³-hybridized carbons (Fsp3) is 0.500. The molecule has 0 saturated heterocycles. The van der Waals surface area contributed by atoms with Crippen molar-refractivity contribution < 1.29 is 19.8 Å². The fourth-order valence-electron chi connectivity index (χ4n) is 0.687. The van der Waals surface area contributed by atoms with Gasteiger partial charge in [-0.25, -0.2) is 0 Å². The zero-order valence-electron chi connectivity index (χ0n) is 7.59. The van der Waals surface area contributed by atoms with Crippen molar-refractivity contribution in [2.45, 2.75) is 24.9 Å². The molecule has 6 N–H and O–H groups in total. The fourth-order valence-corrected chi connectivity index (χ4v) is 0.687. The van der Waals surface area contributed by atoms with Gasteiger partial charge in [0, 0.05) is 0 Å². The summed E-state index contributed by atoms with van der Waals surface area (Å²) >= 11 is 0. The molecule has 0 aromatic rings. The quantitative estimate of drug-likeness (QED) is 0.415. The number of hydrogen-bond acceptors (Lipinski definition) is 4. The van der Waals surface area contributed by atoms with Crippen LogP contribution in [-0.2, 0) is 9.59 Å². The van der Waals surface area contributed by atoms with Crippen LogP contribution in [0.3, 0.4) is 0 Å². The second-order valence-corrected chi connectivity index (χ2v) is 2.83. The van der Waals surface area contributed by atoms with Gasteiger partial charge in [-0.2, -0.15) is 0 Å². The van der Waals surface area contributed by atoms with Crippen LogP contribution in [0.2, 0.25) is 0 Å². The Hall–Kier alpha value is -1.40. The maximum atomic E-state index is 10.3. The summed E-state index contributed by atoms with van der Waals surface area (Å²) in [6.07, 6.45) is 3.37. The highest BCUT2D eigenvalue weighted by molar-refractivity contribution is 5.73. The lowest BCUT2D eigenvalue weighted by Crippen LogP contribution is -2.30. The maximum absolute atomic E-state index is 10.3. The highest BCUT2D eigenvalue weighted by atomic mass is 16.4. The first-order valence-electron chi connectivity index (χ1n) is 4.07. The lowest BCUT2D eigenvalue weighted by molar-refractivity contribution is -0.139. The van der Waals surface area contributed by atoms with E-state index in [0.717, 1.165) is 0 Å². The van der Waals surface area contributed by atoms with E-state index in [1.165, 1.54) is 12.2 Å². The van der Waals surface area contributed by atoms with E-state index in [0.29, 0.717) is 0 Å². The van der Waals surface area contributed by atoms with E-state index in [-0.39, 0.29) is 12.8 Å². The molecule has 6 heteroatoms. The first kappa shape index (κ1) is 12.6. The number of nitrogens with two attached hydrogens (primary N) is 2. The van der Waals surface area contributed by atoms with Crippen molar-refractivity contribution in [3.63, 3.8) is 0 Å². The molecule has 6 nitrogen and oxygen atoms in total. The summed E-state index contributed by atoms with van der Waals surface area (Å²) in [5, 5.41) is 16.8. The molecule has 0 bridgehead atoms. The van der Waals surface area contributed by atoms with Crippen molar-refractivity contribution in [3.8, 4) is 0 Å². The van der Waals surface area contributed by atoms with Gasteiger partial charge in [0.05, 0.1) is 0 Å². The average molecular weight is 202 g/mol. The third-order valence-corrected chi connectivity index (χ3v) is 1.58. The standard InChI is InChI=1S/C8H14N2O4/c9-5(7(11)12)3-1-2-4-6(10)8(13)14/h1-2,5-6H,3-4,9-10H2,(H,11,12)(H,13,14). The SMILES string of the molecule is NC(CC=CCC(N)C(=O)O)C(=O)O. The van der Waals surface area contributed by atoms with Gasteiger partial charge in [0.15, 0.2) is 0 Å². The maximum Gasteiger partial charge on any atom is 0.320 e. The van der Waals surface area contributed by atoms with Crippen LogP contribution in [0, 0.1) is 0 Å². The summed E-state index contributed by atoms with van der Waals surface area (Å²) in [4.78, 5) is 20.5. The summed E-state index contributed by atoms with van der Waals surface area (Å²) in [6, 6.07) is -1.90. The Morgan fingerprint density at radius 1 is 1.00 bits per heavy atom. The molecule has 0 aliphatic heterocycles. The molecule has 14 heavy (non-hydrogen) atoms. The van der Waals surface area contributed by atoms with Crippen molar-refractivity contribution in [2.24, 2.45) is 11.5 Å². The van der Waals surface area contributed by atoms with E-state index in [1.54, 1.807) is 0 Å². The van der Waals surface area contributed by atoms with Crippen molar-refractivity contribution in [2.75, 3.05) is 0 Å². The Morgan fingerprint density at radius 3 is 1.50 bits per heavy atom. The molecule has 0 radical (unpaired) electrons. The Kier molecular flexibility index (Phi) is 5.50. The van der Waals surface area contributed by atoms with Gasteiger partial charge >= 0.3 is 11.9 Å². The molecule has 80 valence electrons. The molecule has 0 heterocycles. The van der Waals surface area contributed by atoms with E-state index >= 15 is 0 Å². The molecule has 2 atom stereocenters. The van der Waals surface area contributed by atoms with Crippen LogP contribution in [0.1, 0.15) is 12.8 Å². The van der Waals surface area contributed by atoms with Gasteiger partial charge in [-0.15, -0.1) is 0 Å². The molecule has 0 aromatic carbocycles. The van der Waals surface area contributed by atoms with Crippen LogP contribution in [0.15, 0.2) is 12.2 Å². The zero-order valence-corrected chi connectivity index (χ0v) is 7.59. The van der Waals surface area contributed by atoms with Gasteiger partial charge in [-0.1, -0.05) is 12.2 Å². The van der Waals surface area contributed by atoms with Gasteiger partial charge < -0.3 is 21.7 Å². The molecule has 2 unspecified atom stereocenters. The number of carbonyl (C=O) groups is 2. The molecule has 0 rings (SSSR count). The Balaban J connectivity index is 3.74. The summed E-state index contributed by atoms with van der Waals surface area (Å²) in [7, 11) is 0. The Bertz CT molecular complexity index is 215. The Labute approximate surface area is 81.2 Å². The summed E-state index contributed by atoms with van der Waals surface area (Å²) < 4.78 is 0. The number of carboxylic acid groups (broad SMARTS) is 2. The van der Waals surface area contributed by atoms with Gasteiger partial charge in [-0.3, -0.25) is 9.59 Å². The number of hydrogen-bond donors (Lipinski definition) is 4. The van der Waals surface area contributed by atoms with E-state index in [1.807, 2.05) is 0 Å². The molecular weight excluding hydrogens is 188 g/mol. The second-order valence-electron chi connectivity index (χ2n) is 2.83. The first-order valence-corrected chi connectivity index (χ1v) is 4.07. The molecule has 0 aromatic heterocycles. The molecule has 0 amide bonds. The average Bonchev–Trinajstić information content (AvgIpc) is 2.11. The van der Waals surface area contributed by atoms with Crippen LogP contribution in [0.5, 0.6) is 0 Å². The van der Waals surface area contributed by atoms with Crippen molar-refractivity contribution in [3.05, 3.63) is 12.2 Å². The van der Waals surface area contributed by atoms with Crippen molar-refractivity contribution >= 4 is 11.9 Å². The molecule has 0 aliphatic rings. The molecular formula is C8H14N2O4. The normalized spacial score (nSPS) is 15.3. The van der Waals surface area contributed by atoms with E-state index < -0.39 is 24.0 Å². The summed E-state index contributed by atoms with van der Waals surface area (Å²) in [6.45, 7) is 0. The number of carboxylic acids is 2. The first-order chi connectivity index (χ1) is 6.45. The van der Waals surface area contributed by atoms with Gasteiger partial charge in [0.1, 0.15) is 12.1 Å². The molecule has 0 saturated carbocycles. The predicted molar refractivity (Wildman–Crippen MR) is 49.6 cm³/mol. The van der Waals surface area contributed by atoms with Gasteiger partial charge in [0.2, 0.25) is 0 Å². The molecule has 0 fully saturated rings. The molecule has 0 aliphatic carbocycles. The van der Waals surface area contributed by atoms with E-state index in [9.17, 15) is 9.59 Å². The lowest BCUT2D eigenvalue weighted by atomic mass is 10.1. The van der Waals surface area contributed by atoms with Crippen LogP contribution < -0.4 is 11.5 Å². The minimum absolute atomic E-state index is 0.168. The minimum atomic E-state index is -1.09. The zero-order chi connectivity index (χ0) is 11.1. The van der Waals surface area contributed by atoms with E-state index in [2.05, 4.69) is 0 Å². The van der Waals surface area contributed by atoms with Crippen molar-refractivity contribution in [1.82, 2.24) is 0 Å². The van der Waals surface area contributed by atoms with Crippen LogP contribution in [-0.4, -0.2) is 34.2 Å². The second kappa shape index (κ2) is 6.11. The third kappa shape index (κ3) is 5.28. The monoisotopic (exact) mass is 202 g/mol. The summed E-state index contributed by atoms with van der Waals surface area (Å²) in [5.74, 6) is -2.17. The van der Waals surface area contributed by atoms with Crippen molar-refractivity contribution in [1.29, 1.82) is 0 Å². The highest BCUT2D eigenvalue weighted by Gasteiger charge is 2.10. The highest BCUT2D eigenvalue weighted by Crippen LogP contribution is 1.95. The largest absolute Gasteiger partial charge is 0.480 e.